The van der Waals surface area contributed by atoms with Crippen molar-refractivity contribution in [1.82, 2.24) is 4.90 Å². The number of primary amides is 1. The molecule has 0 aromatic heterocycles. The van der Waals surface area contributed by atoms with Gasteiger partial charge in [0.05, 0.1) is 0 Å². The Kier molecular flexibility index (Phi) is 12.5. The monoisotopic (exact) mass is 513 g/mol. The number of rotatable bonds is 14. The van der Waals surface area contributed by atoms with E-state index < -0.39 is 5.41 Å². The molecular weight excluding hydrogens is 466 g/mol. The summed E-state index contributed by atoms with van der Waals surface area (Å²) in [5.74, 6) is -0.0524. The largest absolute Gasteiger partial charge is 0.369 e. The Morgan fingerprint density at radius 1 is 0.737 bits per heavy atom. The number of hydrogen-bond acceptors (Lipinski definition) is 3. The third kappa shape index (κ3) is 7.78. The van der Waals surface area contributed by atoms with Crippen molar-refractivity contribution >= 4 is 5.91 Å². The minimum atomic E-state index is -0.781. The van der Waals surface area contributed by atoms with Gasteiger partial charge in [0, 0.05) is 6.54 Å². The number of nitrogens with zero attached hydrogens (tertiary/aromatic N) is 1. The zero-order chi connectivity index (χ0) is 27.1. The van der Waals surface area contributed by atoms with Crippen LogP contribution in [0.15, 0.2) is 91.0 Å². The molecule has 1 heterocycles. The molecule has 1 unspecified atom stereocenters. The first-order valence-electron chi connectivity index (χ1n) is 14.5. The Morgan fingerprint density at radius 3 is 1.74 bits per heavy atom. The number of hydrogen-bond donors (Lipinski definition) is 2. The van der Waals surface area contributed by atoms with Gasteiger partial charge >= 0.3 is 0 Å². The Morgan fingerprint density at radius 2 is 1.21 bits per heavy atom. The van der Waals surface area contributed by atoms with Gasteiger partial charge in [0.2, 0.25) is 5.91 Å². The van der Waals surface area contributed by atoms with E-state index >= 15 is 0 Å². The van der Waals surface area contributed by atoms with Crippen molar-refractivity contribution in [2.24, 2.45) is 17.4 Å². The highest BCUT2D eigenvalue weighted by molar-refractivity contribution is 5.91. The Bertz CT molecular complexity index is 1000. The van der Waals surface area contributed by atoms with Crippen LogP contribution in [0.4, 0.5) is 0 Å². The predicted molar refractivity (Wildman–Crippen MR) is 160 cm³/mol. The molecule has 204 valence electrons. The molecule has 4 nitrogen and oxygen atoms in total. The molecule has 1 aliphatic rings. The van der Waals surface area contributed by atoms with Gasteiger partial charge in [0.1, 0.15) is 5.41 Å². The second-order valence-electron chi connectivity index (χ2n) is 10.4. The molecule has 0 spiro atoms. The van der Waals surface area contributed by atoms with Crippen molar-refractivity contribution in [2.45, 2.75) is 63.2 Å². The molecule has 0 bridgehead atoms. The lowest BCUT2D eigenvalue weighted by atomic mass is 9.64. The summed E-state index contributed by atoms with van der Waals surface area (Å²) >= 11 is 0. The number of amides is 1. The molecule has 1 amide bonds. The average molecular weight is 514 g/mol. The fraction of sp³-hybridized carbons (Fsp3) is 0.441. The van der Waals surface area contributed by atoms with Crippen LogP contribution < -0.4 is 11.5 Å². The number of aryl methyl sites for hydroxylation is 1. The molecule has 38 heavy (non-hydrogen) atoms. The molecule has 1 fully saturated rings. The van der Waals surface area contributed by atoms with Crippen molar-refractivity contribution in [3.05, 3.63) is 108 Å². The van der Waals surface area contributed by atoms with E-state index in [1.165, 1.54) is 64.0 Å². The molecule has 4 rings (SSSR count). The van der Waals surface area contributed by atoms with Gasteiger partial charge in [-0.05, 0) is 68.4 Å². The third-order valence-electron chi connectivity index (χ3n) is 8.01. The van der Waals surface area contributed by atoms with Gasteiger partial charge in [-0.1, -0.05) is 123 Å². The SMILES string of the molecule is CN.NC(=O)C(c1ccccc1)(c1ccccc1)C1CCN(CCCCCCCCCc2ccccc2)C1. The van der Waals surface area contributed by atoms with Gasteiger partial charge in [-0.3, -0.25) is 4.79 Å². The number of carbonyl (C=O) groups excluding carboxylic acids is 1. The zero-order valence-corrected chi connectivity index (χ0v) is 23.2. The van der Waals surface area contributed by atoms with E-state index in [1.54, 1.807) is 0 Å². The number of nitrogens with two attached hydrogens (primary N) is 2. The van der Waals surface area contributed by atoms with Crippen LogP contribution in [0.5, 0.6) is 0 Å². The predicted octanol–water partition coefficient (Wildman–Crippen LogP) is 6.33. The first kappa shape index (κ1) is 29.6. The highest BCUT2D eigenvalue weighted by Gasteiger charge is 2.49. The Labute approximate surface area is 230 Å². The lowest BCUT2D eigenvalue weighted by molar-refractivity contribution is -0.123. The minimum Gasteiger partial charge on any atom is -0.369 e. The topological polar surface area (TPSA) is 72.3 Å². The van der Waals surface area contributed by atoms with Gasteiger partial charge in [-0.2, -0.15) is 0 Å². The lowest BCUT2D eigenvalue weighted by Gasteiger charge is -2.37. The molecule has 3 aromatic carbocycles. The van der Waals surface area contributed by atoms with E-state index in [2.05, 4.69) is 65.2 Å². The standard InChI is InChI=1S/C33H42N2O.CH5N/c34-32(36)33(29-20-12-7-13-21-29,30-22-14-8-15-23-30)31-24-26-35(27-31)25-16-5-3-1-2-4-9-17-28-18-10-6-11-19-28;1-2/h6-8,10-15,18-23,31H,1-5,9,16-17,24-27H2,(H2,34,36);2H2,1H3. The third-order valence-corrected chi connectivity index (χ3v) is 8.01. The maximum Gasteiger partial charge on any atom is 0.232 e. The highest BCUT2D eigenvalue weighted by atomic mass is 16.1. The first-order valence-corrected chi connectivity index (χ1v) is 14.5. The van der Waals surface area contributed by atoms with Crippen LogP contribution in [0, 0.1) is 5.92 Å². The molecule has 0 radical (unpaired) electrons. The summed E-state index contributed by atoms with van der Waals surface area (Å²) in [6.45, 7) is 3.08. The van der Waals surface area contributed by atoms with Crippen LogP contribution in [0.3, 0.4) is 0 Å². The van der Waals surface area contributed by atoms with Crippen LogP contribution in [-0.4, -0.2) is 37.5 Å². The summed E-state index contributed by atoms with van der Waals surface area (Å²) in [6.07, 6.45) is 11.3. The van der Waals surface area contributed by atoms with Crippen molar-refractivity contribution in [1.29, 1.82) is 0 Å². The summed E-state index contributed by atoms with van der Waals surface area (Å²) in [6, 6.07) is 31.2. The molecule has 0 saturated carbocycles. The summed E-state index contributed by atoms with van der Waals surface area (Å²) in [4.78, 5) is 15.8. The van der Waals surface area contributed by atoms with Crippen LogP contribution in [-0.2, 0) is 16.6 Å². The quantitative estimate of drug-likeness (QED) is 0.248. The van der Waals surface area contributed by atoms with Crippen molar-refractivity contribution < 1.29 is 4.79 Å². The zero-order valence-electron chi connectivity index (χ0n) is 23.2. The number of carbonyl (C=O) groups is 1. The number of likely N-dealkylation sites (tertiary alicyclic amines) is 1. The first-order chi connectivity index (χ1) is 18.7. The van der Waals surface area contributed by atoms with E-state index in [9.17, 15) is 4.79 Å². The molecule has 3 aromatic rings. The van der Waals surface area contributed by atoms with Crippen molar-refractivity contribution in [2.75, 3.05) is 26.7 Å². The minimum absolute atomic E-state index is 0.185. The molecule has 4 N–H and O–H groups in total. The molecule has 0 aliphatic carbocycles. The number of unbranched alkanes of at least 4 members (excludes halogenated alkanes) is 6. The molecule has 1 aliphatic heterocycles. The summed E-state index contributed by atoms with van der Waals surface area (Å²) in [5.41, 5.74) is 13.4. The van der Waals surface area contributed by atoms with Crippen molar-refractivity contribution in [3.63, 3.8) is 0 Å². The van der Waals surface area contributed by atoms with Gasteiger partial charge < -0.3 is 16.4 Å². The fourth-order valence-electron chi connectivity index (χ4n) is 6.11. The maximum atomic E-state index is 13.2. The summed E-state index contributed by atoms with van der Waals surface area (Å²) in [7, 11) is 1.50. The van der Waals surface area contributed by atoms with Gasteiger partial charge in [-0.15, -0.1) is 0 Å². The van der Waals surface area contributed by atoms with Crippen LogP contribution in [0.1, 0.15) is 68.1 Å². The summed E-state index contributed by atoms with van der Waals surface area (Å²) in [5, 5.41) is 0. The van der Waals surface area contributed by atoms with E-state index in [4.69, 9.17) is 5.73 Å². The van der Waals surface area contributed by atoms with E-state index in [0.717, 1.165) is 37.2 Å². The van der Waals surface area contributed by atoms with Crippen LogP contribution >= 0.6 is 0 Å². The second-order valence-corrected chi connectivity index (χ2v) is 10.4. The van der Waals surface area contributed by atoms with Crippen LogP contribution in [0.25, 0.3) is 0 Å². The number of benzene rings is 3. The van der Waals surface area contributed by atoms with E-state index in [1.807, 2.05) is 36.4 Å². The smallest absolute Gasteiger partial charge is 0.232 e. The Balaban J connectivity index is 0.00000195. The Hall–Kier alpha value is -2.95. The van der Waals surface area contributed by atoms with E-state index in [0.29, 0.717) is 0 Å². The average Bonchev–Trinajstić information content (AvgIpc) is 3.44. The second kappa shape index (κ2) is 16.1. The molecule has 1 saturated heterocycles. The van der Waals surface area contributed by atoms with Crippen LogP contribution in [0.2, 0.25) is 0 Å². The van der Waals surface area contributed by atoms with Crippen molar-refractivity contribution in [3.8, 4) is 0 Å². The summed E-state index contributed by atoms with van der Waals surface area (Å²) < 4.78 is 0. The molecular formula is C34H47N3O. The molecule has 1 atom stereocenters. The van der Waals surface area contributed by atoms with Gasteiger partial charge in [-0.25, -0.2) is 0 Å². The normalized spacial score (nSPS) is 15.6. The molecule has 4 heteroatoms. The van der Waals surface area contributed by atoms with Gasteiger partial charge in [0.15, 0.2) is 0 Å². The maximum absolute atomic E-state index is 13.2. The lowest BCUT2D eigenvalue weighted by Crippen LogP contribution is -2.49. The van der Waals surface area contributed by atoms with Gasteiger partial charge in [0.25, 0.3) is 0 Å². The van der Waals surface area contributed by atoms with E-state index in [-0.39, 0.29) is 11.8 Å². The fourth-order valence-corrected chi connectivity index (χ4v) is 6.11. The highest BCUT2D eigenvalue weighted by Crippen LogP contribution is 2.43.